The molecule has 124 valence electrons. The third kappa shape index (κ3) is 3.69. The summed E-state index contributed by atoms with van der Waals surface area (Å²) >= 11 is 0. The van der Waals surface area contributed by atoms with Gasteiger partial charge in [0.25, 0.3) is 0 Å². The van der Waals surface area contributed by atoms with E-state index in [-0.39, 0.29) is 12.0 Å². The topological polar surface area (TPSA) is 96.3 Å². The van der Waals surface area contributed by atoms with Gasteiger partial charge in [-0.25, -0.2) is 0 Å². The van der Waals surface area contributed by atoms with E-state index in [4.69, 9.17) is 19.6 Å². The molecule has 0 aliphatic carbocycles. The molecular weight excluding hydrogens is 308 g/mol. The summed E-state index contributed by atoms with van der Waals surface area (Å²) in [6.07, 6.45) is 1.55. The normalized spacial score (nSPS) is 12.0. The lowest BCUT2D eigenvalue weighted by Crippen LogP contribution is -2.16. The predicted molar refractivity (Wildman–Crippen MR) is 87.0 cm³/mol. The minimum Gasteiger partial charge on any atom is -0.467 e. The molecule has 0 bridgehead atoms. The Labute approximate surface area is 139 Å². The van der Waals surface area contributed by atoms with Crippen LogP contribution < -0.4 is 15.2 Å². The predicted octanol–water partition coefficient (Wildman–Crippen LogP) is 3.01. The molecule has 0 aliphatic heterocycles. The lowest BCUT2D eigenvalue weighted by atomic mass is 10.2. The molecule has 1 atom stereocenters. The first-order valence-corrected chi connectivity index (χ1v) is 7.58. The maximum atomic E-state index is 6.15. The molecule has 24 heavy (non-hydrogen) atoms. The van der Waals surface area contributed by atoms with Crippen molar-refractivity contribution in [2.24, 2.45) is 5.73 Å². The Morgan fingerprint density at radius 1 is 1.12 bits per heavy atom. The van der Waals surface area contributed by atoms with Gasteiger partial charge in [-0.2, -0.15) is 9.97 Å². The Kier molecular flexibility index (Phi) is 4.72. The summed E-state index contributed by atoms with van der Waals surface area (Å²) < 4.78 is 16.4. The minimum atomic E-state index is -0.637. The molecular formula is C17H18N4O3. The Morgan fingerprint density at radius 2 is 1.96 bits per heavy atom. The van der Waals surface area contributed by atoms with Gasteiger partial charge in [0.05, 0.1) is 12.9 Å². The van der Waals surface area contributed by atoms with E-state index >= 15 is 0 Å². The van der Waals surface area contributed by atoms with Gasteiger partial charge in [0.15, 0.2) is 5.82 Å². The molecule has 0 radical (unpaired) electrons. The zero-order valence-electron chi connectivity index (χ0n) is 13.5. The Hall–Kier alpha value is -2.93. The van der Waals surface area contributed by atoms with Crippen molar-refractivity contribution in [3.63, 3.8) is 0 Å². The van der Waals surface area contributed by atoms with Gasteiger partial charge in [-0.15, -0.1) is 4.98 Å². The van der Waals surface area contributed by atoms with Crippen molar-refractivity contribution >= 4 is 0 Å². The summed E-state index contributed by atoms with van der Waals surface area (Å²) in [6.45, 7) is 4.24. The maximum absolute atomic E-state index is 6.15. The second-order valence-corrected chi connectivity index (χ2v) is 5.10. The van der Waals surface area contributed by atoms with Gasteiger partial charge in [-0.1, -0.05) is 12.1 Å². The van der Waals surface area contributed by atoms with Crippen molar-refractivity contribution in [2.75, 3.05) is 6.61 Å². The zero-order valence-corrected chi connectivity index (χ0v) is 13.5. The van der Waals surface area contributed by atoms with Crippen LogP contribution in [0.5, 0.6) is 17.8 Å². The zero-order chi connectivity index (χ0) is 16.9. The van der Waals surface area contributed by atoms with Gasteiger partial charge in [0.2, 0.25) is 0 Å². The number of nitrogens with zero attached hydrogens (tertiary/aromatic N) is 3. The smallest absolute Gasteiger partial charge is 0.328 e. The van der Waals surface area contributed by atoms with Crippen molar-refractivity contribution in [2.45, 2.75) is 19.9 Å². The second kappa shape index (κ2) is 7.10. The number of aryl methyl sites for hydroxylation is 1. The second-order valence-electron chi connectivity index (χ2n) is 5.10. The number of rotatable bonds is 6. The molecule has 7 heteroatoms. The van der Waals surface area contributed by atoms with Crippen molar-refractivity contribution < 1.29 is 13.9 Å². The lowest BCUT2D eigenvalue weighted by molar-refractivity contribution is 0.299. The highest BCUT2D eigenvalue weighted by Gasteiger charge is 2.19. The van der Waals surface area contributed by atoms with Gasteiger partial charge in [0.1, 0.15) is 17.6 Å². The summed E-state index contributed by atoms with van der Waals surface area (Å²) in [5, 5.41) is 0. The summed E-state index contributed by atoms with van der Waals surface area (Å²) in [6, 6.07) is 10.7. The molecule has 0 amide bonds. The van der Waals surface area contributed by atoms with Crippen molar-refractivity contribution in [3.05, 3.63) is 59.8 Å². The Morgan fingerprint density at radius 3 is 2.67 bits per heavy atom. The molecule has 1 aromatic carbocycles. The van der Waals surface area contributed by atoms with Crippen LogP contribution in [0.25, 0.3) is 0 Å². The number of furan rings is 1. The first-order chi connectivity index (χ1) is 11.7. The quantitative estimate of drug-likeness (QED) is 0.743. The largest absolute Gasteiger partial charge is 0.467 e. The molecule has 3 rings (SSSR count). The first-order valence-electron chi connectivity index (χ1n) is 7.58. The molecule has 2 heterocycles. The van der Waals surface area contributed by atoms with Gasteiger partial charge < -0.3 is 19.6 Å². The van der Waals surface area contributed by atoms with Crippen molar-refractivity contribution in [1.29, 1.82) is 0 Å². The van der Waals surface area contributed by atoms with Crippen molar-refractivity contribution in [1.82, 2.24) is 15.0 Å². The van der Waals surface area contributed by atoms with Crippen LogP contribution in [0.4, 0.5) is 0 Å². The Bertz CT molecular complexity index is 805. The summed E-state index contributed by atoms with van der Waals surface area (Å²) in [5.41, 5.74) is 7.22. The number of hydrogen-bond donors (Lipinski definition) is 1. The minimum absolute atomic E-state index is 0.121. The number of hydrogen-bond acceptors (Lipinski definition) is 7. The SMILES string of the molecule is CCOc1nc(Oc2cccc(C)c2)nc(C(N)c2ccco2)n1. The van der Waals surface area contributed by atoms with Crippen LogP contribution in [0.1, 0.15) is 30.1 Å². The molecule has 0 saturated carbocycles. The fourth-order valence-electron chi connectivity index (χ4n) is 2.11. The van der Waals surface area contributed by atoms with E-state index < -0.39 is 6.04 Å². The third-order valence-corrected chi connectivity index (χ3v) is 3.21. The van der Waals surface area contributed by atoms with Crippen LogP contribution in [0.2, 0.25) is 0 Å². The average molecular weight is 326 g/mol. The van der Waals surface area contributed by atoms with Gasteiger partial charge in [-0.3, -0.25) is 0 Å². The van der Waals surface area contributed by atoms with E-state index in [2.05, 4.69) is 15.0 Å². The first kappa shape index (κ1) is 15.9. The van der Waals surface area contributed by atoms with Crippen LogP contribution in [-0.2, 0) is 0 Å². The molecule has 1 unspecified atom stereocenters. The molecule has 2 N–H and O–H groups in total. The van der Waals surface area contributed by atoms with E-state index in [9.17, 15) is 0 Å². The lowest BCUT2D eigenvalue weighted by Gasteiger charge is -2.11. The van der Waals surface area contributed by atoms with Crippen LogP contribution >= 0.6 is 0 Å². The maximum Gasteiger partial charge on any atom is 0.328 e. The van der Waals surface area contributed by atoms with Crippen LogP contribution in [-0.4, -0.2) is 21.6 Å². The highest BCUT2D eigenvalue weighted by molar-refractivity contribution is 5.30. The fourth-order valence-corrected chi connectivity index (χ4v) is 2.11. The van der Waals surface area contributed by atoms with Gasteiger partial charge >= 0.3 is 12.0 Å². The number of benzene rings is 1. The van der Waals surface area contributed by atoms with E-state index in [0.29, 0.717) is 23.9 Å². The highest BCUT2D eigenvalue weighted by Crippen LogP contribution is 2.24. The summed E-state index contributed by atoms with van der Waals surface area (Å²) in [4.78, 5) is 12.7. The number of nitrogens with two attached hydrogens (primary N) is 1. The standard InChI is InChI=1S/C17H18N4O3/c1-3-22-16-19-15(14(18)13-8-5-9-23-13)20-17(21-16)24-12-7-4-6-11(2)10-12/h4-10,14H,3,18H2,1-2H3. The monoisotopic (exact) mass is 326 g/mol. The number of ether oxygens (including phenoxy) is 2. The molecule has 7 nitrogen and oxygen atoms in total. The molecule has 0 spiro atoms. The average Bonchev–Trinajstić information content (AvgIpc) is 3.08. The van der Waals surface area contributed by atoms with Crippen LogP contribution in [0.3, 0.4) is 0 Å². The van der Waals surface area contributed by atoms with Crippen molar-refractivity contribution in [3.8, 4) is 17.8 Å². The van der Waals surface area contributed by atoms with E-state index in [1.165, 1.54) is 0 Å². The Balaban J connectivity index is 1.93. The van der Waals surface area contributed by atoms with Crippen LogP contribution in [0.15, 0.2) is 47.1 Å². The third-order valence-electron chi connectivity index (χ3n) is 3.21. The van der Waals surface area contributed by atoms with E-state index in [1.54, 1.807) is 18.4 Å². The van der Waals surface area contributed by atoms with Gasteiger partial charge in [-0.05, 0) is 43.7 Å². The molecule has 3 aromatic rings. The summed E-state index contributed by atoms with van der Waals surface area (Å²) in [7, 11) is 0. The highest BCUT2D eigenvalue weighted by atomic mass is 16.5. The van der Waals surface area contributed by atoms with Gasteiger partial charge in [0, 0.05) is 0 Å². The van der Waals surface area contributed by atoms with E-state index in [1.807, 2.05) is 38.1 Å². The summed E-state index contributed by atoms with van der Waals surface area (Å²) in [5.74, 6) is 1.48. The number of aromatic nitrogens is 3. The van der Waals surface area contributed by atoms with E-state index in [0.717, 1.165) is 5.56 Å². The fraction of sp³-hybridized carbons (Fsp3) is 0.235. The van der Waals surface area contributed by atoms with Crippen LogP contribution in [0, 0.1) is 6.92 Å². The molecule has 0 fully saturated rings. The molecule has 0 saturated heterocycles. The molecule has 0 aliphatic rings. The molecule has 2 aromatic heterocycles.